The van der Waals surface area contributed by atoms with Crippen LogP contribution >= 0.6 is 35.0 Å². The molecule has 1 saturated heterocycles. The molecule has 1 aliphatic heterocycles. The molecule has 2 unspecified atom stereocenters. The summed E-state index contributed by atoms with van der Waals surface area (Å²) < 4.78 is 5.50. The number of halogens is 2. The maximum Gasteiger partial charge on any atom is 0.262 e. The number of thioether (sulfide) groups is 1. The van der Waals surface area contributed by atoms with Crippen LogP contribution in [0.4, 0.5) is 0 Å². The van der Waals surface area contributed by atoms with Crippen LogP contribution in [0.1, 0.15) is 11.6 Å². The number of alkyl halides is 1. The van der Waals surface area contributed by atoms with Crippen molar-refractivity contribution in [2.45, 2.75) is 16.6 Å². The van der Waals surface area contributed by atoms with Gasteiger partial charge in [-0.3, -0.25) is 15.0 Å². The minimum absolute atomic E-state index is 0.0247. The quantitative estimate of drug-likeness (QED) is 0.385. The van der Waals surface area contributed by atoms with E-state index in [2.05, 4.69) is 15.4 Å². The number of rotatable bonds is 5. The van der Waals surface area contributed by atoms with Crippen molar-refractivity contribution in [1.82, 2.24) is 20.4 Å². The average molecular weight is 423 g/mol. The van der Waals surface area contributed by atoms with Crippen molar-refractivity contribution < 1.29 is 14.0 Å². The summed E-state index contributed by atoms with van der Waals surface area (Å²) in [6, 6.07) is 10.0. The second kappa shape index (κ2) is 7.38. The smallest absolute Gasteiger partial charge is 0.262 e. The Morgan fingerprint density at radius 1 is 1.30 bits per heavy atom. The molecule has 1 aliphatic rings. The molecule has 1 N–H and O–H groups in total. The largest absolute Gasteiger partial charge is 0.430 e. The van der Waals surface area contributed by atoms with E-state index in [1.54, 1.807) is 42.6 Å². The Bertz CT molecular complexity index is 978. The van der Waals surface area contributed by atoms with E-state index in [9.17, 15) is 9.59 Å². The lowest BCUT2D eigenvalue weighted by atomic mass is 9.95. The summed E-state index contributed by atoms with van der Waals surface area (Å²) in [4.78, 5) is 32.5. The maximum atomic E-state index is 12.2. The number of nitrogens with one attached hydrogen (secondary N) is 1. The molecule has 0 saturated carbocycles. The second-order valence-corrected chi connectivity index (χ2v) is 7.57. The van der Waals surface area contributed by atoms with Gasteiger partial charge in [-0.2, -0.15) is 4.98 Å². The molecule has 27 heavy (non-hydrogen) atoms. The van der Waals surface area contributed by atoms with Gasteiger partial charge in [0.05, 0.1) is 5.75 Å². The molecule has 0 aliphatic carbocycles. The number of carbonyl (C=O) groups excluding carboxylic acids is 2. The molecule has 2 aromatic heterocycles. The van der Waals surface area contributed by atoms with Gasteiger partial charge in [0.15, 0.2) is 11.2 Å². The van der Waals surface area contributed by atoms with Gasteiger partial charge in [0.1, 0.15) is 11.4 Å². The summed E-state index contributed by atoms with van der Waals surface area (Å²) in [6.07, 6.45) is 1.61. The fourth-order valence-electron chi connectivity index (χ4n) is 2.66. The van der Waals surface area contributed by atoms with Gasteiger partial charge >= 0.3 is 0 Å². The van der Waals surface area contributed by atoms with E-state index in [4.69, 9.17) is 27.6 Å². The molecule has 138 valence electrons. The van der Waals surface area contributed by atoms with Gasteiger partial charge in [0.2, 0.25) is 5.91 Å². The third kappa shape index (κ3) is 3.60. The van der Waals surface area contributed by atoms with Crippen molar-refractivity contribution in [3.63, 3.8) is 0 Å². The molecule has 10 heteroatoms. The van der Waals surface area contributed by atoms with Gasteiger partial charge < -0.3 is 4.42 Å². The lowest BCUT2D eigenvalue weighted by Crippen LogP contribution is -2.63. The number of carbonyl (C=O) groups is 2. The Morgan fingerprint density at radius 3 is 2.81 bits per heavy atom. The molecule has 7 nitrogen and oxygen atoms in total. The van der Waals surface area contributed by atoms with E-state index in [1.807, 2.05) is 0 Å². The average Bonchev–Trinajstić information content (AvgIpc) is 3.10. The molecule has 4 rings (SSSR count). The highest BCUT2D eigenvalue weighted by Crippen LogP contribution is 2.37. The molecule has 1 aromatic carbocycles. The van der Waals surface area contributed by atoms with Crippen LogP contribution < -0.4 is 5.43 Å². The second-order valence-electron chi connectivity index (χ2n) is 5.73. The van der Waals surface area contributed by atoms with Crippen LogP contribution in [0, 0.1) is 0 Å². The molecule has 0 bridgehead atoms. The molecule has 0 radical (unpaired) electrons. The lowest BCUT2D eigenvalue weighted by molar-refractivity contribution is -0.155. The Balaban J connectivity index is 1.39. The first-order valence-electron chi connectivity index (χ1n) is 7.89. The van der Waals surface area contributed by atoms with Crippen molar-refractivity contribution >= 4 is 58.0 Å². The van der Waals surface area contributed by atoms with Crippen molar-refractivity contribution in [2.24, 2.45) is 0 Å². The molecule has 1 fully saturated rings. The number of hydrogen-bond acceptors (Lipinski definition) is 6. The van der Waals surface area contributed by atoms with Crippen LogP contribution in [0.15, 0.2) is 52.2 Å². The van der Waals surface area contributed by atoms with E-state index < -0.39 is 11.4 Å². The zero-order valence-electron chi connectivity index (χ0n) is 13.6. The van der Waals surface area contributed by atoms with Crippen LogP contribution in [0.25, 0.3) is 11.2 Å². The van der Waals surface area contributed by atoms with E-state index in [1.165, 1.54) is 5.01 Å². The van der Waals surface area contributed by atoms with Crippen molar-refractivity contribution in [1.29, 1.82) is 0 Å². The molecule has 2 atom stereocenters. The molecular formula is C17H12Cl2N4O3S. The highest BCUT2D eigenvalue weighted by atomic mass is 35.5. The summed E-state index contributed by atoms with van der Waals surface area (Å²) in [6.45, 7) is 0. The van der Waals surface area contributed by atoms with Gasteiger partial charge in [-0.15, -0.1) is 11.6 Å². The van der Waals surface area contributed by atoms with E-state index in [0.29, 0.717) is 21.5 Å². The molecule has 3 heterocycles. The number of aromatic nitrogens is 2. The number of pyridine rings is 1. The molecular weight excluding hydrogens is 411 g/mol. The fourth-order valence-corrected chi connectivity index (χ4v) is 3.77. The van der Waals surface area contributed by atoms with Crippen molar-refractivity contribution in [2.75, 3.05) is 5.75 Å². The van der Waals surface area contributed by atoms with Gasteiger partial charge in [0.25, 0.3) is 11.1 Å². The van der Waals surface area contributed by atoms with E-state index in [-0.39, 0.29) is 17.6 Å². The molecule has 2 amide bonds. The topological polar surface area (TPSA) is 88.3 Å². The molecule has 0 spiro atoms. The summed E-state index contributed by atoms with van der Waals surface area (Å²) in [5.41, 5.74) is 4.40. The number of fused-ring (bicyclic) bond motifs is 1. The predicted molar refractivity (Wildman–Crippen MR) is 101 cm³/mol. The van der Waals surface area contributed by atoms with Gasteiger partial charge in [0, 0.05) is 11.2 Å². The predicted octanol–water partition coefficient (Wildman–Crippen LogP) is 3.19. The van der Waals surface area contributed by atoms with Crippen molar-refractivity contribution in [3.05, 3.63) is 53.2 Å². The minimum atomic E-state index is -0.734. The highest BCUT2D eigenvalue weighted by Gasteiger charge is 2.48. The van der Waals surface area contributed by atoms with E-state index >= 15 is 0 Å². The molecule has 3 aromatic rings. The number of nitrogens with zero attached hydrogens (tertiary/aromatic N) is 3. The Labute approximate surface area is 168 Å². The zero-order chi connectivity index (χ0) is 19.0. The summed E-state index contributed by atoms with van der Waals surface area (Å²) in [7, 11) is 0. The maximum absolute atomic E-state index is 12.2. The summed E-state index contributed by atoms with van der Waals surface area (Å²) in [5, 5.41) is 1.41. The first kappa shape index (κ1) is 18.1. The first-order valence-corrected chi connectivity index (χ1v) is 9.69. The summed E-state index contributed by atoms with van der Waals surface area (Å²) in [5.74, 6) is -0.705. The van der Waals surface area contributed by atoms with Gasteiger partial charge in [-0.05, 0) is 29.8 Å². The van der Waals surface area contributed by atoms with Crippen LogP contribution in [0.2, 0.25) is 5.02 Å². The third-order valence-electron chi connectivity index (χ3n) is 3.96. The zero-order valence-corrected chi connectivity index (χ0v) is 16.0. The first-order chi connectivity index (χ1) is 13.0. The number of hydrogen-bond donors (Lipinski definition) is 1. The normalized spacial score (nSPS) is 19.2. The van der Waals surface area contributed by atoms with Crippen LogP contribution in [-0.4, -0.2) is 37.9 Å². The van der Waals surface area contributed by atoms with Crippen LogP contribution in [-0.2, 0) is 9.59 Å². The standard InChI is InChI=1S/C17H12Cl2N4O3S/c18-10-5-3-9(4-6-10)14-13(19)16(25)23(14)22-12(24)8-27-17-21-15-11(26-17)2-1-7-20-15/h1-7,13-14H,8H2,(H,22,24). The highest BCUT2D eigenvalue weighted by molar-refractivity contribution is 7.99. The van der Waals surface area contributed by atoms with Gasteiger partial charge in [-0.1, -0.05) is 35.5 Å². The number of benzene rings is 1. The number of oxazole rings is 1. The van der Waals surface area contributed by atoms with Crippen molar-refractivity contribution in [3.8, 4) is 0 Å². The summed E-state index contributed by atoms with van der Waals surface area (Å²) >= 11 is 13.1. The van der Waals surface area contributed by atoms with E-state index in [0.717, 1.165) is 17.3 Å². The Morgan fingerprint density at radius 2 is 2.07 bits per heavy atom. The SMILES string of the molecule is O=C(CSc1nc2ncccc2o1)NN1C(=O)C(Cl)C1c1ccc(Cl)cc1. The number of amides is 2. The fraction of sp³-hybridized carbons (Fsp3) is 0.176. The van der Waals surface area contributed by atoms with Crippen LogP contribution in [0.3, 0.4) is 0 Å². The third-order valence-corrected chi connectivity index (χ3v) is 5.46. The van der Waals surface area contributed by atoms with Gasteiger partial charge in [-0.25, -0.2) is 9.99 Å². The number of hydrazine groups is 1. The number of β-lactam (4-membered cyclic amide) rings is 1. The Hall–Kier alpha value is -2.29. The lowest BCUT2D eigenvalue weighted by Gasteiger charge is -2.43. The Kier molecular flexibility index (Phi) is 4.94. The van der Waals surface area contributed by atoms with Crippen LogP contribution in [0.5, 0.6) is 0 Å². The monoisotopic (exact) mass is 422 g/mol. The minimum Gasteiger partial charge on any atom is -0.430 e.